The number of pyridine rings is 2. The van der Waals surface area contributed by atoms with E-state index < -0.39 is 5.97 Å². The van der Waals surface area contributed by atoms with Crippen molar-refractivity contribution in [3.63, 3.8) is 0 Å². The van der Waals surface area contributed by atoms with Crippen molar-refractivity contribution in [2.75, 3.05) is 37.8 Å². The smallest absolute Gasteiger partial charge is 0.357 e. The van der Waals surface area contributed by atoms with E-state index in [0.29, 0.717) is 18.9 Å². The molecule has 1 fully saturated rings. The average molecular weight is 444 g/mol. The van der Waals surface area contributed by atoms with Crippen LogP contribution >= 0.6 is 0 Å². The molecule has 0 spiro atoms. The maximum atomic E-state index is 12.6. The zero-order chi connectivity index (χ0) is 22.8. The fraction of sp³-hybridized carbons (Fsp3) is 0.280. The summed E-state index contributed by atoms with van der Waals surface area (Å²) in [6, 6.07) is 15.6. The Bertz CT molecular complexity index is 1280. The van der Waals surface area contributed by atoms with Crippen molar-refractivity contribution in [3.05, 3.63) is 66.1 Å². The van der Waals surface area contributed by atoms with Gasteiger partial charge in [0.2, 0.25) is 0 Å². The molecule has 0 atom stereocenters. The number of anilines is 1. The van der Waals surface area contributed by atoms with Gasteiger partial charge in [-0.1, -0.05) is 18.2 Å². The molecule has 4 heterocycles. The number of morpholine rings is 1. The molecule has 0 amide bonds. The molecule has 0 N–H and O–H groups in total. The second-order valence-corrected chi connectivity index (χ2v) is 7.81. The topological polar surface area (TPSA) is 82.4 Å². The summed E-state index contributed by atoms with van der Waals surface area (Å²) in [6.45, 7) is 7.06. The lowest BCUT2D eigenvalue weighted by atomic mass is 10.0. The zero-order valence-electron chi connectivity index (χ0n) is 18.7. The second-order valence-electron chi connectivity index (χ2n) is 7.81. The minimum atomic E-state index is -0.461. The quantitative estimate of drug-likeness (QED) is 0.434. The molecule has 1 aliphatic heterocycles. The molecule has 8 nitrogen and oxygen atoms in total. The third kappa shape index (κ3) is 4.05. The number of esters is 1. The standard InChI is InChI=1S/C25H25N5O3/c1-3-33-25(31)21-15-20(18-9-10-22(26-16-18)29-11-13-32-14-12-29)23-17(2)28-30(24(23)27-21)19-7-5-4-6-8-19/h4-10,15-16H,3,11-14H2,1-2H3. The van der Waals surface area contributed by atoms with Crippen LogP contribution in [0.15, 0.2) is 54.7 Å². The van der Waals surface area contributed by atoms with E-state index in [1.165, 1.54) is 0 Å². The van der Waals surface area contributed by atoms with E-state index in [2.05, 4.69) is 9.88 Å². The number of fused-ring (bicyclic) bond motifs is 1. The highest BCUT2D eigenvalue weighted by molar-refractivity contribution is 6.00. The first-order valence-corrected chi connectivity index (χ1v) is 11.1. The highest BCUT2D eigenvalue weighted by Crippen LogP contribution is 2.33. The van der Waals surface area contributed by atoms with Gasteiger partial charge in [-0.3, -0.25) is 0 Å². The summed E-state index contributed by atoms with van der Waals surface area (Å²) in [7, 11) is 0. The van der Waals surface area contributed by atoms with Crippen LogP contribution in [0.4, 0.5) is 5.82 Å². The molecule has 5 rings (SSSR count). The average Bonchev–Trinajstić information content (AvgIpc) is 3.21. The summed E-state index contributed by atoms with van der Waals surface area (Å²) in [5, 5.41) is 5.63. The SMILES string of the molecule is CCOC(=O)c1cc(-c2ccc(N3CCOCC3)nc2)c2c(C)nn(-c3ccccc3)c2n1. The van der Waals surface area contributed by atoms with Gasteiger partial charge in [-0.05, 0) is 49.7 Å². The Balaban J connectivity index is 1.65. The summed E-state index contributed by atoms with van der Waals surface area (Å²) in [5.41, 5.74) is 4.29. The van der Waals surface area contributed by atoms with E-state index >= 15 is 0 Å². The van der Waals surface area contributed by atoms with Crippen molar-refractivity contribution in [2.24, 2.45) is 0 Å². The predicted molar refractivity (Wildman–Crippen MR) is 126 cm³/mol. The van der Waals surface area contributed by atoms with Gasteiger partial charge in [-0.15, -0.1) is 0 Å². The van der Waals surface area contributed by atoms with Gasteiger partial charge in [0, 0.05) is 24.8 Å². The van der Waals surface area contributed by atoms with Gasteiger partial charge < -0.3 is 14.4 Å². The van der Waals surface area contributed by atoms with Crippen LogP contribution in [0.2, 0.25) is 0 Å². The number of ether oxygens (including phenoxy) is 2. The van der Waals surface area contributed by atoms with Crippen LogP contribution in [0, 0.1) is 6.92 Å². The van der Waals surface area contributed by atoms with E-state index in [4.69, 9.17) is 19.6 Å². The monoisotopic (exact) mass is 443 g/mol. The van der Waals surface area contributed by atoms with Crippen LogP contribution in [0.25, 0.3) is 27.8 Å². The molecule has 0 aliphatic carbocycles. The molecule has 0 unspecified atom stereocenters. The fourth-order valence-electron chi connectivity index (χ4n) is 4.10. The van der Waals surface area contributed by atoms with Gasteiger partial charge in [0.1, 0.15) is 5.82 Å². The summed E-state index contributed by atoms with van der Waals surface area (Å²) < 4.78 is 12.5. The van der Waals surface area contributed by atoms with Crippen molar-refractivity contribution in [3.8, 4) is 16.8 Å². The number of benzene rings is 1. The minimum Gasteiger partial charge on any atom is -0.461 e. The third-order valence-corrected chi connectivity index (χ3v) is 5.69. The normalized spacial score (nSPS) is 13.9. The van der Waals surface area contributed by atoms with Gasteiger partial charge in [0.25, 0.3) is 0 Å². The first-order valence-electron chi connectivity index (χ1n) is 11.1. The largest absolute Gasteiger partial charge is 0.461 e. The van der Waals surface area contributed by atoms with Gasteiger partial charge in [0.15, 0.2) is 11.3 Å². The molecule has 1 aromatic carbocycles. The van der Waals surface area contributed by atoms with Crippen LogP contribution in [-0.4, -0.2) is 58.6 Å². The van der Waals surface area contributed by atoms with Crippen LogP contribution in [0.1, 0.15) is 23.1 Å². The van der Waals surface area contributed by atoms with Crippen LogP contribution in [-0.2, 0) is 9.47 Å². The molecule has 4 aromatic rings. The second kappa shape index (κ2) is 8.99. The molecule has 168 valence electrons. The summed E-state index contributed by atoms with van der Waals surface area (Å²) in [6.07, 6.45) is 1.84. The maximum Gasteiger partial charge on any atom is 0.357 e. The Labute approximate surface area is 191 Å². The van der Waals surface area contributed by atoms with Gasteiger partial charge in [0.05, 0.1) is 36.6 Å². The molecule has 1 aliphatic rings. The van der Waals surface area contributed by atoms with Crippen molar-refractivity contribution < 1.29 is 14.3 Å². The number of nitrogens with zero attached hydrogens (tertiary/aromatic N) is 5. The highest BCUT2D eigenvalue weighted by Gasteiger charge is 2.21. The maximum absolute atomic E-state index is 12.6. The fourth-order valence-corrected chi connectivity index (χ4v) is 4.10. The number of para-hydroxylation sites is 1. The van der Waals surface area contributed by atoms with Gasteiger partial charge in [-0.2, -0.15) is 5.10 Å². The van der Waals surface area contributed by atoms with E-state index in [0.717, 1.165) is 46.8 Å². The van der Waals surface area contributed by atoms with E-state index in [1.807, 2.05) is 55.6 Å². The minimum absolute atomic E-state index is 0.244. The van der Waals surface area contributed by atoms with Gasteiger partial charge >= 0.3 is 5.97 Å². The first-order chi connectivity index (χ1) is 16.2. The number of hydrogen-bond acceptors (Lipinski definition) is 7. The predicted octanol–water partition coefficient (Wildman–Crippen LogP) is 3.80. The lowest BCUT2D eigenvalue weighted by Gasteiger charge is -2.27. The number of rotatable bonds is 5. The first kappa shape index (κ1) is 21.1. The van der Waals surface area contributed by atoms with Crippen LogP contribution < -0.4 is 4.90 Å². The Hall–Kier alpha value is -3.78. The number of carbonyl (C=O) groups excluding carboxylic acids is 1. The molecular weight excluding hydrogens is 418 g/mol. The number of hydrogen-bond donors (Lipinski definition) is 0. The van der Waals surface area contributed by atoms with E-state index in [1.54, 1.807) is 17.7 Å². The molecule has 8 heteroatoms. The van der Waals surface area contributed by atoms with Crippen LogP contribution in [0.3, 0.4) is 0 Å². The Morgan fingerprint density at radius 1 is 1.12 bits per heavy atom. The van der Waals surface area contributed by atoms with Crippen LogP contribution in [0.5, 0.6) is 0 Å². The number of carbonyl (C=O) groups is 1. The van der Waals surface area contributed by atoms with E-state index in [-0.39, 0.29) is 12.3 Å². The van der Waals surface area contributed by atoms with Crippen molar-refractivity contribution >= 4 is 22.8 Å². The number of aryl methyl sites for hydroxylation is 1. The number of aromatic nitrogens is 4. The summed E-state index contributed by atoms with van der Waals surface area (Å²) >= 11 is 0. The van der Waals surface area contributed by atoms with Crippen molar-refractivity contribution in [2.45, 2.75) is 13.8 Å². The molecule has 0 radical (unpaired) electrons. The molecule has 1 saturated heterocycles. The molecule has 0 bridgehead atoms. The highest BCUT2D eigenvalue weighted by atomic mass is 16.5. The summed E-state index contributed by atoms with van der Waals surface area (Å²) in [5.74, 6) is 0.451. The van der Waals surface area contributed by atoms with Gasteiger partial charge in [-0.25, -0.2) is 19.4 Å². The molecule has 33 heavy (non-hydrogen) atoms. The molecular formula is C25H25N5O3. The van der Waals surface area contributed by atoms with Crippen molar-refractivity contribution in [1.82, 2.24) is 19.7 Å². The third-order valence-electron chi connectivity index (χ3n) is 5.69. The lowest BCUT2D eigenvalue weighted by Crippen LogP contribution is -2.36. The lowest BCUT2D eigenvalue weighted by molar-refractivity contribution is 0.0520. The Kier molecular flexibility index (Phi) is 5.75. The Morgan fingerprint density at radius 3 is 2.61 bits per heavy atom. The Morgan fingerprint density at radius 2 is 1.91 bits per heavy atom. The van der Waals surface area contributed by atoms with Crippen molar-refractivity contribution in [1.29, 1.82) is 0 Å². The molecule has 0 saturated carbocycles. The molecule has 3 aromatic heterocycles. The zero-order valence-corrected chi connectivity index (χ0v) is 18.7. The van der Waals surface area contributed by atoms with E-state index in [9.17, 15) is 4.79 Å². The summed E-state index contributed by atoms with van der Waals surface area (Å²) in [4.78, 5) is 24.2.